The Kier molecular flexibility index (Phi) is 5.11. The van der Waals surface area contributed by atoms with Crippen molar-refractivity contribution in [2.45, 2.75) is 49.3 Å². The topological polar surface area (TPSA) is 29.1 Å². The van der Waals surface area contributed by atoms with Crippen molar-refractivity contribution in [1.82, 2.24) is 5.32 Å². The normalized spacial score (nSPS) is 29.1. The van der Waals surface area contributed by atoms with Gasteiger partial charge in [0.25, 0.3) is 0 Å². The molecule has 2 rings (SSSR count). The maximum absolute atomic E-state index is 12.9. The molecule has 19 heavy (non-hydrogen) atoms. The summed E-state index contributed by atoms with van der Waals surface area (Å²) < 4.78 is 25.6. The lowest BCUT2D eigenvalue weighted by Gasteiger charge is -2.34. The molecule has 0 radical (unpaired) electrons. The van der Waals surface area contributed by atoms with Crippen molar-refractivity contribution < 1.29 is 8.60 Å². The van der Waals surface area contributed by atoms with Gasteiger partial charge in [0.05, 0.1) is 16.0 Å². The van der Waals surface area contributed by atoms with Crippen LogP contribution in [0.15, 0.2) is 29.2 Å². The molecule has 2 nitrogen and oxygen atoms in total. The third-order valence-electron chi connectivity index (χ3n) is 3.84. The van der Waals surface area contributed by atoms with Crippen LogP contribution in [-0.4, -0.2) is 22.0 Å². The van der Waals surface area contributed by atoms with Crippen LogP contribution in [0.3, 0.4) is 0 Å². The van der Waals surface area contributed by atoms with Crippen LogP contribution in [0.4, 0.5) is 4.39 Å². The van der Waals surface area contributed by atoms with E-state index in [9.17, 15) is 8.60 Å². The molecule has 4 atom stereocenters. The van der Waals surface area contributed by atoms with Crippen molar-refractivity contribution in [1.29, 1.82) is 0 Å². The van der Waals surface area contributed by atoms with E-state index in [0.717, 1.165) is 24.3 Å². The van der Waals surface area contributed by atoms with Gasteiger partial charge in [-0.1, -0.05) is 13.8 Å². The SMILES string of the molecule is CCNC1CCC(C)CC1S(=O)c1ccc(F)cc1. The highest BCUT2D eigenvalue weighted by Crippen LogP contribution is 2.30. The van der Waals surface area contributed by atoms with Gasteiger partial charge in [0.2, 0.25) is 0 Å². The Bertz CT molecular complexity index is 434. The first-order valence-electron chi connectivity index (χ1n) is 7.01. The van der Waals surface area contributed by atoms with Crippen LogP contribution in [0.1, 0.15) is 33.1 Å². The molecule has 1 fully saturated rings. The standard InChI is InChI=1S/C15H22FNOS/c1-3-17-14-9-4-11(2)10-15(14)19(18)13-7-5-12(16)6-8-13/h5-8,11,14-15,17H,3-4,9-10H2,1-2H3. The third-order valence-corrected chi connectivity index (χ3v) is 5.65. The first-order valence-corrected chi connectivity index (χ1v) is 8.22. The Labute approximate surface area is 117 Å². The first kappa shape index (κ1) is 14.7. The number of nitrogens with one attached hydrogen (secondary N) is 1. The lowest BCUT2D eigenvalue weighted by Crippen LogP contribution is -2.45. The molecule has 4 heteroatoms. The quantitative estimate of drug-likeness (QED) is 0.920. The molecule has 0 heterocycles. The number of hydrogen-bond donors (Lipinski definition) is 1. The highest BCUT2D eigenvalue weighted by molar-refractivity contribution is 7.85. The molecule has 1 saturated carbocycles. The van der Waals surface area contributed by atoms with Crippen LogP contribution in [0.5, 0.6) is 0 Å². The molecule has 0 saturated heterocycles. The van der Waals surface area contributed by atoms with E-state index >= 15 is 0 Å². The minimum absolute atomic E-state index is 0.133. The maximum Gasteiger partial charge on any atom is 0.123 e. The molecule has 0 aliphatic heterocycles. The summed E-state index contributed by atoms with van der Waals surface area (Å²) in [5.41, 5.74) is 0. The van der Waals surface area contributed by atoms with Crippen molar-refractivity contribution in [3.63, 3.8) is 0 Å². The molecular formula is C15H22FNOS. The van der Waals surface area contributed by atoms with Crippen LogP contribution >= 0.6 is 0 Å². The van der Waals surface area contributed by atoms with Crippen LogP contribution in [-0.2, 0) is 10.8 Å². The smallest absolute Gasteiger partial charge is 0.123 e. The second-order valence-electron chi connectivity index (χ2n) is 5.37. The predicted molar refractivity (Wildman–Crippen MR) is 77.1 cm³/mol. The molecule has 0 bridgehead atoms. The van der Waals surface area contributed by atoms with Gasteiger partial charge in [-0.2, -0.15) is 0 Å². The summed E-state index contributed by atoms with van der Waals surface area (Å²) in [6.07, 6.45) is 3.24. The maximum atomic E-state index is 12.9. The predicted octanol–water partition coefficient (Wildman–Crippen LogP) is 3.10. The molecule has 4 unspecified atom stereocenters. The van der Waals surface area contributed by atoms with Gasteiger partial charge in [-0.05, 0) is 56.0 Å². The van der Waals surface area contributed by atoms with Crippen molar-refractivity contribution in [3.8, 4) is 0 Å². The van der Waals surface area contributed by atoms with E-state index in [0.29, 0.717) is 12.0 Å². The summed E-state index contributed by atoms with van der Waals surface area (Å²) in [6, 6.07) is 6.39. The summed E-state index contributed by atoms with van der Waals surface area (Å²) in [5, 5.41) is 3.58. The summed E-state index contributed by atoms with van der Waals surface area (Å²) in [7, 11) is -1.06. The molecule has 1 N–H and O–H groups in total. The summed E-state index contributed by atoms with van der Waals surface area (Å²) in [5.74, 6) is 0.338. The van der Waals surface area contributed by atoms with E-state index in [2.05, 4.69) is 19.2 Å². The van der Waals surface area contributed by atoms with Gasteiger partial charge < -0.3 is 5.32 Å². The summed E-state index contributed by atoms with van der Waals surface area (Å²) in [4.78, 5) is 0.739. The van der Waals surface area contributed by atoms with E-state index in [1.54, 1.807) is 12.1 Å². The molecule has 1 aromatic carbocycles. The van der Waals surface area contributed by atoms with Crippen molar-refractivity contribution in [2.75, 3.05) is 6.54 Å². The number of benzene rings is 1. The fourth-order valence-electron chi connectivity index (χ4n) is 2.80. The summed E-state index contributed by atoms with van der Waals surface area (Å²) in [6.45, 7) is 5.20. The Balaban J connectivity index is 2.16. The molecule has 0 spiro atoms. The zero-order valence-electron chi connectivity index (χ0n) is 11.6. The molecule has 0 amide bonds. The minimum atomic E-state index is -1.06. The molecule has 0 aromatic heterocycles. The monoisotopic (exact) mass is 283 g/mol. The lowest BCUT2D eigenvalue weighted by atomic mass is 9.87. The van der Waals surface area contributed by atoms with Gasteiger partial charge in [0.15, 0.2) is 0 Å². The molecular weight excluding hydrogens is 261 g/mol. The average molecular weight is 283 g/mol. The van der Waals surface area contributed by atoms with Crippen LogP contribution < -0.4 is 5.32 Å². The highest BCUT2D eigenvalue weighted by Gasteiger charge is 2.32. The second-order valence-corrected chi connectivity index (χ2v) is 7.04. The number of rotatable bonds is 4. The lowest BCUT2D eigenvalue weighted by molar-refractivity contribution is 0.316. The van der Waals surface area contributed by atoms with Gasteiger partial charge in [0, 0.05) is 10.9 Å². The van der Waals surface area contributed by atoms with Gasteiger partial charge in [-0.15, -0.1) is 0 Å². The van der Waals surface area contributed by atoms with Gasteiger partial charge in [-0.3, -0.25) is 4.21 Å². The Morgan fingerprint density at radius 2 is 2.00 bits per heavy atom. The Hall–Kier alpha value is -0.740. The molecule has 106 valence electrons. The van der Waals surface area contributed by atoms with Crippen molar-refractivity contribution in [2.24, 2.45) is 5.92 Å². The van der Waals surface area contributed by atoms with E-state index in [-0.39, 0.29) is 11.1 Å². The van der Waals surface area contributed by atoms with Gasteiger partial charge >= 0.3 is 0 Å². The van der Waals surface area contributed by atoms with Crippen molar-refractivity contribution >= 4 is 10.8 Å². The molecule has 1 aliphatic rings. The largest absolute Gasteiger partial charge is 0.313 e. The highest BCUT2D eigenvalue weighted by atomic mass is 32.2. The summed E-state index contributed by atoms with van der Waals surface area (Å²) >= 11 is 0. The minimum Gasteiger partial charge on any atom is -0.313 e. The van der Waals surface area contributed by atoms with Gasteiger partial charge in [0.1, 0.15) is 5.82 Å². The third kappa shape index (κ3) is 3.63. The fourth-order valence-corrected chi connectivity index (χ4v) is 4.59. The Morgan fingerprint density at radius 1 is 1.32 bits per heavy atom. The van der Waals surface area contributed by atoms with E-state index in [1.165, 1.54) is 18.6 Å². The van der Waals surface area contributed by atoms with Crippen molar-refractivity contribution in [3.05, 3.63) is 30.1 Å². The van der Waals surface area contributed by atoms with E-state index < -0.39 is 10.8 Å². The zero-order chi connectivity index (χ0) is 13.8. The molecule has 1 aromatic rings. The Morgan fingerprint density at radius 3 is 2.63 bits per heavy atom. The van der Waals surface area contributed by atoms with Crippen LogP contribution in [0, 0.1) is 11.7 Å². The fraction of sp³-hybridized carbons (Fsp3) is 0.600. The first-order chi connectivity index (χ1) is 9.11. The van der Waals surface area contributed by atoms with Gasteiger partial charge in [-0.25, -0.2) is 4.39 Å². The van der Waals surface area contributed by atoms with E-state index in [4.69, 9.17) is 0 Å². The average Bonchev–Trinajstić information content (AvgIpc) is 2.41. The number of halogens is 1. The molecule has 1 aliphatic carbocycles. The van der Waals surface area contributed by atoms with Crippen LogP contribution in [0.25, 0.3) is 0 Å². The van der Waals surface area contributed by atoms with Crippen LogP contribution in [0.2, 0.25) is 0 Å². The number of hydrogen-bond acceptors (Lipinski definition) is 2. The second kappa shape index (κ2) is 6.62. The van der Waals surface area contributed by atoms with E-state index in [1.807, 2.05) is 0 Å². The zero-order valence-corrected chi connectivity index (χ0v) is 12.4.